The van der Waals surface area contributed by atoms with Crippen molar-refractivity contribution in [3.8, 4) is 17.0 Å². The lowest BCUT2D eigenvalue weighted by Gasteiger charge is -2.43. The number of amides is 1. The molecule has 1 aliphatic carbocycles. The van der Waals surface area contributed by atoms with Crippen LogP contribution in [0.1, 0.15) is 28.9 Å². The Bertz CT molecular complexity index is 1040. The SMILES string of the molecule is COc1ccc(-c2ccc(NCC3(c4ccccn4)CC(F)C3)nn2)cc1C(N)=O. The first kappa shape index (κ1) is 19.8. The van der Waals surface area contributed by atoms with Crippen molar-refractivity contribution in [3.05, 3.63) is 66.0 Å². The van der Waals surface area contributed by atoms with Crippen molar-refractivity contribution in [1.29, 1.82) is 0 Å². The number of hydrogen-bond acceptors (Lipinski definition) is 6. The Morgan fingerprint density at radius 3 is 2.67 bits per heavy atom. The van der Waals surface area contributed by atoms with Crippen molar-refractivity contribution in [2.75, 3.05) is 19.0 Å². The lowest BCUT2D eigenvalue weighted by Crippen LogP contribution is -2.48. The van der Waals surface area contributed by atoms with Gasteiger partial charge >= 0.3 is 0 Å². The predicted molar refractivity (Wildman–Crippen MR) is 111 cm³/mol. The summed E-state index contributed by atoms with van der Waals surface area (Å²) in [6.07, 6.45) is 1.79. The van der Waals surface area contributed by atoms with Gasteiger partial charge in [-0.25, -0.2) is 4.39 Å². The smallest absolute Gasteiger partial charge is 0.252 e. The average Bonchev–Trinajstić information content (AvgIpc) is 2.76. The fourth-order valence-corrected chi connectivity index (χ4v) is 3.81. The van der Waals surface area contributed by atoms with Gasteiger partial charge in [-0.15, -0.1) is 10.2 Å². The average molecular weight is 407 g/mol. The molecule has 1 aliphatic rings. The van der Waals surface area contributed by atoms with E-state index in [0.717, 1.165) is 5.69 Å². The van der Waals surface area contributed by atoms with Crippen LogP contribution in [-0.2, 0) is 5.41 Å². The van der Waals surface area contributed by atoms with Gasteiger partial charge in [0.25, 0.3) is 5.91 Å². The quantitative estimate of drug-likeness (QED) is 0.624. The van der Waals surface area contributed by atoms with Crippen molar-refractivity contribution < 1.29 is 13.9 Å². The number of primary amides is 1. The first-order valence-corrected chi connectivity index (χ1v) is 9.62. The maximum absolute atomic E-state index is 13.7. The van der Waals surface area contributed by atoms with E-state index in [1.807, 2.05) is 18.2 Å². The van der Waals surface area contributed by atoms with E-state index in [2.05, 4.69) is 20.5 Å². The Hall–Kier alpha value is -3.55. The van der Waals surface area contributed by atoms with Crippen LogP contribution in [0.25, 0.3) is 11.3 Å². The molecule has 2 aromatic heterocycles. The molecule has 3 aromatic rings. The molecule has 4 rings (SSSR count). The number of nitrogens with one attached hydrogen (secondary N) is 1. The van der Waals surface area contributed by atoms with Gasteiger partial charge in [0.15, 0.2) is 0 Å². The molecule has 154 valence electrons. The van der Waals surface area contributed by atoms with Gasteiger partial charge in [0, 0.05) is 29.4 Å². The summed E-state index contributed by atoms with van der Waals surface area (Å²) in [6.45, 7) is 0.521. The Morgan fingerprint density at radius 2 is 2.07 bits per heavy atom. The number of carbonyl (C=O) groups excluding carboxylic acids is 1. The lowest BCUT2D eigenvalue weighted by molar-refractivity contribution is 0.0992. The molecule has 3 N–H and O–H groups in total. The van der Waals surface area contributed by atoms with Crippen LogP contribution in [0.15, 0.2) is 54.7 Å². The second-order valence-corrected chi connectivity index (χ2v) is 7.44. The molecule has 0 spiro atoms. The molecule has 0 radical (unpaired) electrons. The molecule has 0 unspecified atom stereocenters. The molecule has 7 nitrogen and oxygen atoms in total. The van der Waals surface area contributed by atoms with Crippen molar-refractivity contribution in [2.24, 2.45) is 5.73 Å². The second kappa shape index (κ2) is 8.06. The van der Waals surface area contributed by atoms with Crippen molar-refractivity contribution in [3.63, 3.8) is 0 Å². The normalized spacial score (nSPS) is 20.3. The summed E-state index contributed by atoms with van der Waals surface area (Å²) in [7, 11) is 1.48. The number of anilines is 1. The highest BCUT2D eigenvalue weighted by atomic mass is 19.1. The fraction of sp³-hybridized carbons (Fsp3) is 0.273. The molecule has 0 atom stereocenters. The van der Waals surface area contributed by atoms with Gasteiger partial charge in [0.2, 0.25) is 0 Å². The van der Waals surface area contributed by atoms with E-state index in [1.54, 1.807) is 36.5 Å². The number of halogens is 1. The third-order valence-electron chi connectivity index (χ3n) is 5.47. The zero-order valence-electron chi connectivity index (χ0n) is 16.5. The molecular weight excluding hydrogens is 385 g/mol. The van der Waals surface area contributed by atoms with Crippen LogP contribution >= 0.6 is 0 Å². The van der Waals surface area contributed by atoms with Crippen LogP contribution in [0.5, 0.6) is 5.75 Å². The number of carbonyl (C=O) groups is 1. The van der Waals surface area contributed by atoms with E-state index in [9.17, 15) is 9.18 Å². The topological polar surface area (TPSA) is 103 Å². The number of methoxy groups -OCH3 is 1. The number of ether oxygens (including phenoxy) is 1. The number of nitrogens with two attached hydrogens (primary N) is 1. The molecule has 8 heteroatoms. The Kier molecular flexibility index (Phi) is 5.31. The van der Waals surface area contributed by atoms with Gasteiger partial charge in [0.1, 0.15) is 17.7 Å². The Labute approximate surface area is 173 Å². The van der Waals surface area contributed by atoms with Gasteiger partial charge in [-0.05, 0) is 55.3 Å². The first-order valence-electron chi connectivity index (χ1n) is 9.62. The monoisotopic (exact) mass is 407 g/mol. The summed E-state index contributed by atoms with van der Waals surface area (Å²) in [6, 6.07) is 14.4. The minimum atomic E-state index is -0.809. The molecule has 30 heavy (non-hydrogen) atoms. The molecule has 1 fully saturated rings. The van der Waals surface area contributed by atoms with Crippen LogP contribution in [0, 0.1) is 0 Å². The molecule has 0 aliphatic heterocycles. The van der Waals surface area contributed by atoms with Crippen LogP contribution in [0.3, 0.4) is 0 Å². The van der Waals surface area contributed by atoms with Crippen LogP contribution in [0.4, 0.5) is 10.2 Å². The maximum Gasteiger partial charge on any atom is 0.252 e. The Balaban J connectivity index is 1.49. The number of hydrogen-bond donors (Lipinski definition) is 2. The maximum atomic E-state index is 13.7. The van der Waals surface area contributed by atoms with Crippen molar-refractivity contribution in [2.45, 2.75) is 24.4 Å². The molecule has 1 saturated carbocycles. The second-order valence-electron chi connectivity index (χ2n) is 7.44. The van der Waals surface area contributed by atoms with E-state index >= 15 is 0 Å². The fourth-order valence-electron chi connectivity index (χ4n) is 3.81. The van der Waals surface area contributed by atoms with Crippen molar-refractivity contribution in [1.82, 2.24) is 15.2 Å². The van der Waals surface area contributed by atoms with Gasteiger partial charge in [0.05, 0.1) is 18.4 Å². The third kappa shape index (κ3) is 3.80. The number of benzene rings is 1. The summed E-state index contributed by atoms with van der Waals surface area (Å²) in [4.78, 5) is 16.1. The van der Waals surface area contributed by atoms with E-state index < -0.39 is 12.1 Å². The molecule has 2 heterocycles. The molecule has 1 aromatic carbocycles. The molecule has 0 saturated heterocycles. The minimum Gasteiger partial charge on any atom is -0.496 e. The minimum absolute atomic E-state index is 0.280. The van der Waals surface area contributed by atoms with Crippen LogP contribution < -0.4 is 15.8 Å². The standard InChI is InChI=1S/C22H22FN5O2/c1-30-18-7-5-14(10-16(18)21(24)29)17-6-8-20(28-27-17)26-13-22(11-15(23)12-22)19-4-2-3-9-25-19/h2-10,15H,11-13H2,1H3,(H2,24,29)(H,26,28). The zero-order chi connectivity index (χ0) is 21.1. The summed E-state index contributed by atoms with van der Waals surface area (Å²) in [5.41, 5.74) is 7.54. The highest BCUT2D eigenvalue weighted by molar-refractivity contribution is 5.96. The van der Waals surface area contributed by atoms with E-state index in [-0.39, 0.29) is 11.0 Å². The predicted octanol–water partition coefficient (Wildman–Crippen LogP) is 3.13. The number of aromatic nitrogens is 3. The Morgan fingerprint density at radius 1 is 1.23 bits per heavy atom. The highest BCUT2D eigenvalue weighted by Crippen LogP contribution is 2.44. The van der Waals surface area contributed by atoms with Crippen molar-refractivity contribution >= 4 is 11.7 Å². The third-order valence-corrected chi connectivity index (χ3v) is 5.47. The first-order chi connectivity index (χ1) is 14.5. The van der Waals surface area contributed by atoms with E-state index in [1.165, 1.54) is 7.11 Å². The van der Waals surface area contributed by atoms with Crippen LogP contribution in [-0.4, -0.2) is 40.9 Å². The number of nitrogens with zero attached hydrogens (tertiary/aromatic N) is 3. The number of alkyl halides is 1. The number of rotatable bonds is 7. The summed E-state index contributed by atoms with van der Waals surface area (Å²) in [5, 5.41) is 11.7. The van der Waals surface area contributed by atoms with Gasteiger partial charge in [-0.1, -0.05) is 6.07 Å². The largest absolute Gasteiger partial charge is 0.496 e. The van der Waals surface area contributed by atoms with Gasteiger partial charge < -0.3 is 15.8 Å². The molecule has 0 bridgehead atoms. The number of pyridine rings is 1. The highest BCUT2D eigenvalue weighted by Gasteiger charge is 2.46. The van der Waals surface area contributed by atoms with Gasteiger partial charge in [-0.2, -0.15) is 0 Å². The lowest BCUT2D eigenvalue weighted by atomic mass is 9.65. The van der Waals surface area contributed by atoms with E-state index in [0.29, 0.717) is 42.2 Å². The summed E-state index contributed by atoms with van der Waals surface area (Å²) >= 11 is 0. The summed E-state index contributed by atoms with van der Waals surface area (Å²) < 4.78 is 18.8. The molecule has 1 amide bonds. The van der Waals surface area contributed by atoms with Crippen LogP contribution in [0.2, 0.25) is 0 Å². The molecular formula is C22H22FN5O2. The van der Waals surface area contributed by atoms with Gasteiger partial charge in [-0.3, -0.25) is 9.78 Å². The zero-order valence-corrected chi connectivity index (χ0v) is 16.5. The van der Waals surface area contributed by atoms with E-state index in [4.69, 9.17) is 10.5 Å². The summed E-state index contributed by atoms with van der Waals surface area (Å²) in [5.74, 6) is 0.412.